The molecule has 1 fully saturated rings. The van der Waals surface area contributed by atoms with Crippen molar-refractivity contribution in [2.24, 2.45) is 5.92 Å². The van der Waals surface area contributed by atoms with Crippen molar-refractivity contribution in [2.75, 3.05) is 0 Å². The molecule has 1 aliphatic rings. The summed E-state index contributed by atoms with van der Waals surface area (Å²) in [4.78, 5) is 0. The zero-order valence-electron chi connectivity index (χ0n) is 11.3. The number of hydrogen-bond acceptors (Lipinski definition) is 1. The summed E-state index contributed by atoms with van der Waals surface area (Å²) >= 11 is 0. The van der Waals surface area contributed by atoms with Crippen molar-refractivity contribution < 1.29 is 0 Å². The molecule has 1 saturated carbocycles. The van der Waals surface area contributed by atoms with E-state index in [0.29, 0.717) is 6.04 Å². The molecule has 0 bridgehead atoms. The molecule has 2 rings (SSSR count). The highest BCUT2D eigenvalue weighted by Gasteiger charge is 2.19. The molecule has 0 spiro atoms. The lowest BCUT2D eigenvalue weighted by atomic mass is 9.85. The summed E-state index contributed by atoms with van der Waals surface area (Å²) in [5.41, 5.74) is 2.60. The molecule has 1 unspecified atom stereocenters. The van der Waals surface area contributed by atoms with Gasteiger partial charge in [-0.3, -0.25) is 4.68 Å². The largest absolute Gasteiger partial charge is 0.267 e. The highest BCUT2D eigenvalue weighted by molar-refractivity contribution is 5.17. The van der Waals surface area contributed by atoms with Crippen LogP contribution in [0.5, 0.6) is 0 Å². The summed E-state index contributed by atoms with van der Waals surface area (Å²) in [6, 6.07) is 0.540. The van der Waals surface area contributed by atoms with E-state index in [1.165, 1.54) is 49.8 Å². The third-order valence-corrected chi connectivity index (χ3v) is 4.23. The van der Waals surface area contributed by atoms with Crippen LogP contribution in [0.15, 0.2) is 6.20 Å². The fourth-order valence-corrected chi connectivity index (χ4v) is 3.15. The highest BCUT2D eigenvalue weighted by Crippen LogP contribution is 2.31. The van der Waals surface area contributed by atoms with Gasteiger partial charge in [0.15, 0.2) is 0 Å². The SMILES string of the molecule is [CH2]Cc1cnn(C(C)CC2CCCCC2)c1C. The van der Waals surface area contributed by atoms with Gasteiger partial charge < -0.3 is 0 Å². The van der Waals surface area contributed by atoms with E-state index in [4.69, 9.17) is 0 Å². The highest BCUT2D eigenvalue weighted by atomic mass is 15.3. The maximum atomic E-state index is 4.53. The van der Waals surface area contributed by atoms with Crippen molar-refractivity contribution in [2.45, 2.75) is 64.8 Å². The Kier molecular flexibility index (Phi) is 4.25. The number of hydrogen-bond donors (Lipinski definition) is 0. The van der Waals surface area contributed by atoms with Crippen molar-refractivity contribution >= 4 is 0 Å². The monoisotopic (exact) mass is 233 g/mol. The minimum atomic E-state index is 0.540. The molecule has 2 heteroatoms. The van der Waals surface area contributed by atoms with Gasteiger partial charge in [-0.1, -0.05) is 32.1 Å². The summed E-state index contributed by atoms with van der Waals surface area (Å²) < 4.78 is 2.20. The fourth-order valence-electron chi connectivity index (χ4n) is 3.15. The van der Waals surface area contributed by atoms with Crippen molar-refractivity contribution in [3.8, 4) is 0 Å². The van der Waals surface area contributed by atoms with Crippen molar-refractivity contribution in [3.05, 3.63) is 24.4 Å². The molecule has 2 nitrogen and oxygen atoms in total. The van der Waals surface area contributed by atoms with Gasteiger partial charge in [0.05, 0.1) is 6.20 Å². The van der Waals surface area contributed by atoms with Crippen LogP contribution in [0.3, 0.4) is 0 Å². The molecule has 1 heterocycles. The molecular weight excluding hydrogens is 208 g/mol. The number of aromatic nitrogens is 2. The van der Waals surface area contributed by atoms with Crippen LogP contribution in [-0.2, 0) is 6.42 Å². The Bertz CT molecular complexity index is 348. The van der Waals surface area contributed by atoms with Gasteiger partial charge in [-0.25, -0.2) is 0 Å². The molecule has 17 heavy (non-hydrogen) atoms. The predicted octanol–water partition coefficient (Wildman–Crippen LogP) is 4.10. The minimum absolute atomic E-state index is 0.540. The fraction of sp³-hybridized carbons (Fsp3) is 0.733. The minimum Gasteiger partial charge on any atom is -0.267 e. The smallest absolute Gasteiger partial charge is 0.0524 e. The first-order valence-electron chi connectivity index (χ1n) is 7.04. The first kappa shape index (κ1) is 12.7. The average molecular weight is 233 g/mol. The molecule has 1 aromatic heterocycles. The van der Waals surface area contributed by atoms with Crippen LogP contribution in [0.25, 0.3) is 0 Å². The van der Waals surface area contributed by atoms with Crippen LogP contribution in [-0.4, -0.2) is 9.78 Å². The molecular formula is C15H25N2. The molecule has 0 aliphatic heterocycles. The van der Waals surface area contributed by atoms with Gasteiger partial charge in [0, 0.05) is 11.7 Å². The quantitative estimate of drug-likeness (QED) is 0.765. The average Bonchev–Trinajstić information content (AvgIpc) is 2.71. The lowest BCUT2D eigenvalue weighted by Crippen LogP contribution is -2.15. The van der Waals surface area contributed by atoms with Crippen LogP contribution in [0.2, 0.25) is 0 Å². The van der Waals surface area contributed by atoms with Crippen LogP contribution < -0.4 is 0 Å². The number of nitrogens with zero attached hydrogens (tertiary/aromatic N) is 2. The zero-order valence-corrected chi connectivity index (χ0v) is 11.3. The molecule has 0 amide bonds. The predicted molar refractivity (Wildman–Crippen MR) is 71.9 cm³/mol. The molecule has 1 atom stereocenters. The van der Waals surface area contributed by atoms with Crippen molar-refractivity contribution in [1.29, 1.82) is 0 Å². The van der Waals surface area contributed by atoms with Crippen molar-refractivity contribution in [1.82, 2.24) is 9.78 Å². The van der Waals surface area contributed by atoms with Crippen molar-refractivity contribution in [3.63, 3.8) is 0 Å². The molecule has 0 saturated heterocycles. The second-order valence-electron chi connectivity index (χ2n) is 5.54. The molecule has 1 radical (unpaired) electrons. The van der Waals surface area contributed by atoms with E-state index in [9.17, 15) is 0 Å². The third-order valence-electron chi connectivity index (χ3n) is 4.23. The van der Waals surface area contributed by atoms with Crippen LogP contribution >= 0.6 is 0 Å². The van der Waals surface area contributed by atoms with E-state index in [2.05, 4.69) is 30.6 Å². The molecule has 1 aliphatic carbocycles. The lowest BCUT2D eigenvalue weighted by molar-refractivity contribution is 0.285. The Morgan fingerprint density at radius 1 is 1.41 bits per heavy atom. The maximum Gasteiger partial charge on any atom is 0.0524 e. The van der Waals surface area contributed by atoms with Gasteiger partial charge in [0.1, 0.15) is 0 Å². The van der Waals surface area contributed by atoms with E-state index in [-0.39, 0.29) is 0 Å². The van der Waals surface area contributed by atoms with Gasteiger partial charge in [-0.2, -0.15) is 5.10 Å². The first-order chi connectivity index (χ1) is 8.22. The molecule has 0 N–H and O–H groups in total. The zero-order chi connectivity index (χ0) is 12.3. The summed E-state index contributed by atoms with van der Waals surface area (Å²) in [5, 5.41) is 4.53. The standard InChI is InChI=1S/C15H25N2/c1-4-15-11-16-17(13(15)3)12(2)10-14-8-6-5-7-9-14/h11-12,14H,1,4-10H2,2-3H3. The van der Waals surface area contributed by atoms with Crippen LogP contribution in [0.1, 0.15) is 62.7 Å². The Balaban J connectivity index is 1.98. The lowest BCUT2D eigenvalue weighted by Gasteiger charge is -2.25. The van der Waals surface area contributed by atoms with E-state index in [1.807, 2.05) is 6.20 Å². The topological polar surface area (TPSA) is 17.8 Å². The van der Waals surface area contributed by atoms with Crippen LogP contribution in [0.4, 0.5) is 0 Å². The first-order valence-corrected chi connectivity index (χ1v) is 7.04. The van der Waals surface area contributed by atoms with E-state index >= 15 is 0 Å². The Morgan fingerprint density at radius 2 is 2.12 bits per heavy atom. The van der Waals surface area contributed by atoms with Gasteiger partial charge in [-0.15, -0.1) is 0 Å². The summed E-state index contributed by atoms with van der Waals surface area (Å²) in [6.45, 7) is 8.43. The van der Waals surface area contributed by atoms with Gasteiger partial charge >= 0.3 is 0 Å². The Labute approximate surface area is 105 Å². The third kappa shape index (κ3) is 2.91. The Morgan fingerprint density at radius 3 is 2.71 bits per heavy atom. The van der Waals surface area contributed by atoms with Crippen LogP contribution in [0, 0.1) is 19.8 Å². The Hall–Kier alpha value is -0.790. The van der Waals surface area contributed by atoms with E-state index in [1.54, 1.807) is 0 Å². The summed E-state index contributed by atoms with van der Waals surface area (Å²) in [5.74, 6) is 0.922. The number of rotatable bonds is 4. The van der Waals surface area contributed by atoms with Gasteiger partial charge in [-0.05, 0) is 45.1 Å². The van der Waals surface area contributed by atoms with Gasteiger partial charge in [0.25, 0.3) is 0 Å². The molecule has 1 aromatic rings. The summed E-state index contributed by atoms with van der Waals surface area (Å²) in [6.07, 6.45) is 11.3. The maximum absolute atomic E-state index is 4.53. The molecule has 0 aromatic carbocycles. The second-order valence-corrected chi connectivity index (χ2v) is 5.54. The molecule has 95 valence electrons. The van der Waals surface area contributed by atoms with Gasteiger partial charge in [0.2, 0.25) is 0 Å². The normalized spacial score (nSPS) is 19.5. The van der Waals surface area contributed by atoms with E-state index in [0.717, 1.165) is 12.3 Å². The van der Waals surface area contributed by atoms with E-state index < -0.39 is 0 Å². The second kappa shape index (κ2) is 5.70. The summed E-state index contributed by atoms with van der Waals surface area (Å²) in [7, 11) is 0.